The van der Waals surface area contributed by atoms with Crippen LogP contribution in [-0.2, 0) is 19.6 Å². The Hall–Kier alpha value is -1.48. The van der Waals surface area contributed by atoms with Crippen molar-refractivity contribution in [3.05, 3.63) is 24.3 Å². The van der Waals surface area contributed by atoms with Crippen LogP contribution in [0.1, 0.15) is 6.92 Å². The Kier molecular flexibility index (Phi) is 6.11. The first kappa shape index (κ1) is 17.9. The van der Waals surface area contributed by atoms with E-state index in [2.05, 4.69) is 17.1 Å². The molecule has 23 heavy (non-hydrogen) atoms. The largest absolute Gasteiger partial charge is 0.375 e. The smallest absolute Gasteiger partial charge is 0.250 e. The number of piperazine rings is 1. The lowest BCUT2D eigenvalue weighted by atomic mass is 10.3. The van der Waals surface area contributed by atoms with Gasteiger partial charge in [-0.25, -0.2) is 8.42 Å². The molecule has 1 aromatic rings. The zero-order valence-corrected chi connectivity index (χ0v) is 14.3. The van der Waals surface area contributed by atoms with Gasteiger partial charge in [-0.3, -0.25) is 4.79 Å². The van der Waals surface area contributed by atoms with Gasteiger partial charge in [0.1, 0.15) is 6.61 Å². The fraction of sp³-hybridized carbons (Fsp3) is 0.533. The molecule has 0 bridgehead atoms. The number of amides is 1. The van der Waals surface area contributed by atoms with E-state index in [1.54, 1.807) is 18.2 Å². The van der Waals surface area contributed by atoms with Gasteiger partial charge in [-0.2, -0.15) is 4.31 Å². The number of likely N-dealkylation sites (N-methyl/N-ethyl adjacent to an activating group) is 1. The van der Waals surface area contributed by atoms with Gasteiger partial charge < -0.3 is 15.0 Å². The Morgan fingerprint density at radius 1 is 1.26 bits per heavy atom. The van der Waals surface area contributed by atoms with E-state index in [1.807, 2.05) is 0 Å². The van der Waals surface area contributed by atoms with Crippen molar-refractivity contribution in [2.24, 2.45) is 0 Å². The summed E-state index contributed by atoms with van der Waals surface area (Å²) in [6.45, 7) is 5.36. The van der Waals surface area contributed by atoms with Crippen LogP contribution in [0, 0.1) is 0 Å². The molecule has 1 saturated heterocycles. The minimum atomic E-state index is -3.54. The lowest BCUT2D eigenvalue weighted by molar-refractivity contribution is -0.119. The molecule has 0 saturated carbocycles. The van der Waals surface area contributed by atoms with Crippen LogP contribution in [-0.4, -0.2) is 70.0 Å². The van der Waals surface area contributed by atoms with Gasteiger partial charge in [0.05, 0.1) is 4.90 Å². The molecule has 1 aromatic carbocycles. The molecule has 0 aromatic heterocycles. The molecule has 0 aliphatic carbocycles. The average Bonchev–Trinajstić information content (AvgIpc) is 2.55. The number of anilines is 1. The molecular weight excluding hydrogens is 318 g/mol. The minimum absolute atomic E-state index is 0.0735. The van der Waals surface area contributed by atoms with Crippen molar-refractivity contribution in [3.8, 4) is 0 Å². The van der Waals surface area contributed by atoms with Crippen LogP contribution in [0.15, 0.2) is 29.2 Å². The number of carbonyl (C=O) groups excluding carboxylic acids is 1. The molecule has 0 radical (unpaired) electrons. The van der Waals surface area contributed by atoms with Gasteiger partial charge >= 0.3 is 0 Å². The summed E-state index contributed by atoms with van der Waals surface area (Å²) in [4.78, 5) is 14.0. The van der Waals surface area contributed by atoms with E-state index in [0.29, 0.717) is 18.8 Å². The number of hydrogen-bond acceptors (Lipinski definition) is 5. The predicted octanol–water partition coefficient (Wildman–Crippen LogP) is 0.598. The monoisotopic (exact) mass is 341 g/mol. The number of nitrogens with zero attached hydrogens (tertiary/aromatic N) is 2. The molecule has 1 amide bonds. The molecule has 128 valence electrons. The fourth-order valence-corrected chi connectivity index (χ4v) is 3.97. The van der Waals surface area contributed by atoms with Gasteiger partial charge in [-0.15, -0.1) is 0 Å². The van der Waals surface area contributed by atoms with E-state index >= 15 is 0 Å². The van der Waals surface area contributed by atoms with E-state index in [0.717, 1.165) is 19.6 Å². The van der Waals surface area contributed by atoms with E-state index in [9.17, 15) is 13.2 Å². The maximum Gasteiger partial charge on any atom is 0.250 e. The molecule has 1 N–H and O–H groups in total. The Morgan fingerprint density at radius 3 is 2.57 bits per heavy atom. The topological polar surface area (TPSA) is 79.0 Å². The molecule has 8 heteroatoms. The third-order valence-electron chi connectivity index (χ3n) is 3.81. The second-order valence-corrected chi connectivity index (χ2v) is 7.29. The molecule has 1 aliphatic heterocycles. The highest BCUT2D eigenvalue weighted by Gasteiger charge is 2.28. The van der Waals surface area contributed by atoms with Crippen molar-refractivity contribution in [2.45, 2.75) is 11.8 Å². The van der Waals surface area contributed by atoms with Crippen LogP contribution in [0.3, 0.4) is 0 Å². The van der Waals surface area contributed by atoms with E-state index < -0.39 is 10.0 Å². The number of hydrogen-bond donors (Lipinski definition) is 1. The van der Waals surface area contributed by atoms with Crippen LogP contribution in [0.2, 0.25) is 0 Å². The van der Waals surface area contributed by atoms with Crippen LogP contribution in [0.4, 0.5) is 5.69 Å². The summed E-state index contributed by atoms with van der Waals surface area (Å²) in [5.41, 5.74) is 0.445. The van der Waals surface area contributed by atoms with Gasteiger partial charge in [0.25, 0.3) is 0 Å². The predicted molar refractivity (Wildman–Crippen MR) is 87.8 cm³/mol. The quantitative estimate of drug-likeness (QED) is 0.820. The van der Waals surface area contributed by atoms with Gasteiger partial charge in [0, 0.05) is 39.0 Å². The number of benzene rings is 1. The standard InChI is InChI=1S/C15H23N3O4S/c1-3-17-7-9-18(10-8-17)23(20,21)14-6-4-5-13(11-14)16-15(19)12-22-2/h4-6,11H,3,7-10,12H2,1-2H3,(H,16,19). The Balaban J connectivity index is 2.12. The zero-order valence-electron chi connectivity index (χ0n) is 13.5. The summed E-state index contributed by atoms with van der Waals surface area (Å²) in [6.07, 6.45) is 0. The first-order valence-corrected chi connectivity index (χ1v) is 9.02. The van der Waals surface area contributed by atoms with Gasteiger partial charge in [-0.05, 0) is 24.7 Å². The normalized spacial score (nSPS) is 17.1. The Morgan fingerprint density at radius 2 is 1.96 bits per heavy atom. The average molecular weight is 341 g/mol. The van der Waals surface area contributed by atoms with E-state index in [4.69, 9.17) is 4.74 Å². The summed E-state index contributed by atoms with van der Waals surface area (Å²) in [6, 6.07) is 6.31. The van der Waals surface area contributed by atoms with Crippen LogP contribution >= 0.6 is 0 Å². The number of rotatable bonds is 6. The number of ether oxygens (including phenoxy) is 1. The number of carbonyl (C=O) groups is 1. The Labute approximate surface area is 137 Å². The summed E-state index contributed by atoms with van der Waals surface area (Å²) in [5.74, 6) is -0.321. The van der Waals surface area contributed by atoms with Crippen molar-refractivity contribution >= 4 is 21.6 Å². The van der Waals surface area contributed by atoms with E-state index in [1.165, 1.54) is 17.5 Å². The maximum absolute atomic E-state index is 12.7. The first-order valence-electron chi connectivity index (χ1n) is 7.58. The lowest BCUT2D eigenvalue weighted by Crippen LogP contribution is -2.48. The minimum Gasteiger partial charge on any atom is -0.375 e. The van der Waals surface area contributed by atoms with Gasteiger partial charge in [0.15, 0.2) is 0 Å². The summed E-state index contributed by atoms with van der Waals surface area (Å²) in [7, 11) is -2.11. The lowest BCUT2D eigenvalue weighted by Gasteiger charge is -2.33. The van der Waals surface area contributed by atoms with Crippen molar-refractivity contribution in [1.82, 2.24) is 9.21 Å². The summed E-state index contributed by atoms with van der Waals surface area (Å²) < 4.78 is 31.7. The molecule has 1 fully saturated rings. The second-order valence-electron chi connectivity index (χ2n) is 5.35. The number of methoxy groups -OCH3 is 1. The molecule has 1 heterocycles. The van der Waals surface area contributed by atoms with Crippen LogP contribution in [0.5, 0.6) is 0 Å². The molecule has 0 atom stereocenters. The highest BCUT2D eigenvalue weighted by atomic mass is 32.2. The first-order chi connectivity index (χ1) is 11.0. The van der Waals surface area contributed by atoms with Crippen molar-refractivity contribution in [3.63, 3.8) is 0 Å². The van der Waals surface area contributed by atoms with Gasteiger partial charge in [-0.1, -0.05) is 13.0 Å². The van der Waals surface area contributed by atoms with E-state index in [-0.39, 0.29) is 17.4 Å². The molecular formula is C15H23N3O4S. The third kappa shape index (κ3) is 4.51. The highest BCUT2D eigenvalue weighted by Crippen LogP contribution is 2.21. The maximum atomic E-state index is 12.7. The van der Waals surface area contributed by atoms with Gasteiger partial charge in [0.2, 0.25) is 15.9 Å². The number of nitrogens with one attached hydrogen (secondary N) is 1. The fourth-order valence-electron chi connectivity index (χ4n) is 2.50. The van der Waals surface area contributed by atoms with Crippen molar-refractivity contribution in [1.29, 1.82) is 0 Å². The summed E-state index contributed by atoms with van der Waals surface area (Å²) in [5, 5.41) is 2.62. The number of sulfonamides is 1. The molecule has 1 aliphatic rings. The van der Waals surface area contributed by atoms with Crippen molar-refractivity contribution < 1.29 is 17.9 Å². The highest BCUT2D eigenvalue weighted by molar-refractivity contribution is 7.89. The second kappa shape index (κ2) is 7.87. The molecule has 0 unspecified atom stereocenters. The molecule has 0 spiro atoms. The SMILES string of the molecule is CCN1CCN(S(=O)(=O)c2cccc(NC(=O)COC)c2)CC1. The van der Waals surface area contributed by atoms with Crippen LogP contribution in [0.25, 0.3) is 0 Å². The zero-order chi connectivity index (χ0) is 16.9. The molecule has 2 rings (SSSR count). The molecule has 7 nitrogen and oxygen atoms in total. The third-order valence-corrected chi connectivity index (χ3v) is 5.70. The summed E-state index contributed by atoms with van der Waals surface area (Å²) >= 11 is 0. The van der Waals surface area contributed by atoms with Crippen LogP contribution < -0.4 is 5.32 Å². The Bertz CT molecular complexity index is 640. The van der Waals surface area contributed by atoms with Crippen molar-refractivity contribution in [2.75, 3.05) is 51.8 Å².